The molecule has 1 aromatic rings. The summed E-state index contributed by atoms with van der Waals surface area (Å²) < 4.78 is 2.16. The minimum absolute atomic E-state index is 0.0112. The van der Waals surface area contributed by atoms with Gasteiger partial charge in [0.2, 0.25) is 0 Å². The first-order valence-electron chi connectivity index (χ1n) is 12.7. The quantitative estimate of drug-likeness (QED) is 0.538. The molecule has 2 amide bonds. The highest BCUT2D eigenvalue weighted by Crippen LogP contribution is 2.65. The van der Waals surface area contributed by atoms with E-state index in [-0.39, 0.29) is 22.9 Å². The van der Waals surface area contributed by atoms with E-state index in [0.717, 1.165) is 38.0 Å². The Bertz CT molecular complexity index is 1120. The van der Waals surface area contributed by atoms with E-state index in [2.05, 4.69) is 45.9 Å². The Morgan fingerprint density at radius 1 is 1.15 bits per heavy atom. The van der Waals surface area contributed by atoms with Gasteiger partial charge in [0, 0.05) is 42.0 Å². The molecule has 2 heterocycles. The third kappa shape index (κ3) is 3.40. The Hall–Kier alpha value is -2.34. The Morgan fingerprint density at radius 2 is 2.00 bits per heavy atom. The molecule has 2 saturated carbocycles. The summed E-state index contributed by atoms with van der Waals surface area (Å²) in [6.45, 7) is 5.52. The van der Waals surface area contributed by atoms with E-state index in [1.807, 2.05) is 12.5 Å². The monoisotopic (exact) mass is 479 g/mol. The smallest absolute Gasteiger partial charge is 0.322 e. The molecule has 2 fully saturated rings. The first-order chi connectivity index (χ1) is 16.4. The maximum absolute atomic E-state index is 12.7. The average molecular weight is 480 g/mol. The summed E-state index contributed by atoms with van der Waals surface area (Å²) in [6.07, 6.45) is 22.0. The Balaban J connectivity index is 1.18. The van der Waals surface area contributed by atoms with E-state index in [9.17, 15) is 4.79 Å². The SMILES string of the molecule is C[C@]12CC[C@H](NC(=O)N3C=CN=CC3)CC1=CCC1C2CC[C@]2(C)C(n3cnc(Cl)c3)=CCC12. The lowest BCUT2D eigenvalue weighted by Gasteiger charge is -2.58. The third-order valence-corrected chi connectivity index (χ3v) is 9.97. The predicted molar refractivity (Wildman–Crippen MR) is 135 cm³/mol. The molecular weight excluding hydrogens is 446 g/mol. The van der Waals surface area contributed by atoms with Crippen molar-refractivity contribution in [3.05, 3.63) is 47.8 Å². The zero-order chi connectivity index (χ0) is 23.5. The third-order valence-electron chi connectivity index (χ3n) is 9.78. The van der Waals surface area contributed by atoms with E-state index in [4.69, 9.17) is 11.6 Å². The number of imidazole rings is 1. The van der Waals surface area contributed by atoms with Crippen molar-refractivity contribution in [2.75, 3.05) is 6.54 Å². The fraction of sp³-hybridized carbons (Fsp3) is 0.593. The van der Waals surface area contributed by atoms with Gasteiger partial charge in [0.05, 0.1) is 6.54 Å². The van der Waals surface area contributed by atoms with E-state index >= 15 is 0 Å². The number of nitrogens with one attached hydrogen (secondary N) is 1. The molecule has 7 heteroatoms. The van der Waals surface area contributed by atoms with E-state index in [1.54, 1.807) is 29.1 Å². The van der Waals surface area contributed by atoms with Gasteiger partial charge in [-0.05, 0) is 68.1 Å². The van der Waals surface area contributed by atoms with Crippen molar-refractivity contribution < 1.29 is 4.79 Å². The largest absolute Gasteiger partial charge is 0.335 e. The van der Waals surface area contributed by atoms with Gasteiger partial charge < -0.3 is 9.88 Å². The van der Waals surface area contributed by atoms with Gasteiger partial charge in [-0.15, -0.1) is 0 Å². The normalized spacial score (nSPS) is 38.5. The predicted octanol–water partition coefficient (Wildman–Crippen LogP) is 5.89. The lowest BCUT2D eigenvalue weighted by atomic mass is 9.47. The molecule has 0 radical (unpaired) electrons. The number of urea groups is 1. The number of fused-ring (bicyclic) bond motifs is 5. The number of aliphatic imine (C=N–C) groups is 1. The van der Waals surface area contributed by atoms with E-state index in [0.29, 0.717) is 23.5 Å². The standard InChI is InChI=1S/C27H34ClN5O/c1-26-9-7-19(31-25(34)32-13-11-29-12-14-32)15-18(26)3-4-20-21-5-6-23(33-16-24(28)30-17-33)27(21,2)10-8-22(20)26/h3,6,11-13,16-17,19-22H,4-5,7-10,14-15H2,1-2H3,(H,31,34)/t19-,20?,21?,22?,26-,27-/m0/s1. The van der Waals surface area contributed by atoms with E-state index < -0.39 is 0 Å². The molecule has 1 aromatic heterocycles. The average Bonchev–Trinajstić information content (AvgIpc) is 3.42. The van der Waals surface area contributed by atoms with Crippen LogP contribution in [0.25, 0.3) is 5.70 Å². The van der Waals surface area contributed by atoms with Crippen molar-refractivity contribution in [3.63, 3.8) is 0 Å². The lowest BCUT2D eigenvalue weighted by molar-refractivity contribution is -0.0135. The van der Waals surface area contributed by atoms with Crippen molar-refractivity contribution in [2.45, 2.75) is 64.8 Å². The maximum atomic E-state index is 12.7. The molecule has 6 nitrogen and oxygen atoms in total. The van der Waals surface area contributed by atoms with Crippen LogP contribution in [0.15, 0.2) is 47.6 Å². The Labute approximate surface area is 206 Å². The van der Waals surface area contributed by atoms with Gasteiger partial charge >= 0.3 is 6.03 Å². The summed E-state index contributed by atoms with van der Waals surface area (Å²) in [5.41, 5.74) is 3.41. The van der Waals surface area contributed by atoms with E-state index in [1.165, 1.54) is 18.5 Å². The van der Waals surface area contributed by atoms with Gasteiger partial charge in [0.15, 0.2) is 0 Å². The summed E-state index contributed by atoms with van der Waals surface area (Å²) in [7, 11) is 0. The van der Waals surface area contributed by atoms with Crippen molar-refractivity contribution >= 4 is 29.5 Å². The molecule has 0 aromatic carbocycles. The number of rotatable bonds is 2. The van der Waals surface area contributed by atoms with Crippen molar-refractivity contribution in [1.29, 1.82) is 0 Å². The molecule has 1 aliphatic heterocycles. The van der Waals surface area contributed by atoms with Crippen LogP contribution >= 0.6 is 11.6 Å². The summed E-state index contributed by atoms with van der Waals surface area (Å²) in [5.74, 6) is 2.11. The van der Waals surface area contributed by atoms with Crippen LogP contribution in [-0.4, -0.2) is 39.3 Å². The van der Waals surface area contributed by atoms with Crippen LogP contribution in [0.1, 0.15) is 58.8 Å². The van der Waals surface area contributed by atoms with Crippen LogP contribution in [0.5, 0.6) is 0 Å². The molecule has 180 valence electrons. The molecular formula is C27H34ClN5O. The van der Waals surface area contributed by atoms with Crippen LogP contribution in [-0.2, 0) is 0 Å². The van der Waals surface area contributed by atoms with Gasteiger partial charge in [-0.1, -0.05) is 43.2 Å². The van der Waals surface area contributed by atoms with Crippen LogP contribution in [0.4, 0.5) is 4.79 Å². The lowest BCUT2D eigenvalue weighted by Crippen LogP contribution is -2.52. The number of halogens is 1. The molecule has 4 aliphatic carbocycles. The Morgan fingerprint density at radius 3 is 2.76 bits per heavy atom. The fourth-order valence-electron chi connectivity index (χ4n) is 7.94. The molecule has 0 bridgehead atoms. The van der Waals surface area contributed by atoms with Crippen LogP contribution in [0, 0.1) is 28.6 Å². The second-order valence-corrected chi connectivity index (χ2v) is 11.7. The topological polar surface area (TPSA) is 62.5 Å². The number of aromatic nitrogens is 2. The molecule has 6 atom stereocenters. The van der Waals surface area contributed by atoms with Crippen LogP contribution in [0.3, 0.4) is 0 Å². The van der Waals surface area contributed by atoms with Gasteiger partial charge in [0.25, 0.3) is 0 Å². The summed E-state index contributed by atoms with van der Waals surface area (Å²) >= 11 is 6.15. The number of carbonyl (C=O) groups excluding carboxylic acids is 1. The second-order valence-electron chi connectivity index (χ2n) is 11.3. The number of hydrogen-bond donors (Lipinski definition) is 1. The molecule has 6 rings (SSSR count). The minimum atomic E-state index is -0.0112. The molecule has 0 saturated heterocycles. The first kappa shape index (κ1) is 22.1. The maximum Gasteiger partial charge on any atom is 0.322 e. The second kappa shape index (κ2) is 8.11. The number of nitrogens with zero attached hydrogens (tertiary/aromatic N) is 4. The highest BCUT2D eigenvalue weighted by molar-refractivity contribution is 6.29. The fourth-order valence-corrected chi connectivity index (χ4v) is 8.09. The molecule has 3 unspecified atom stereocenters. The highest BCUT2D eigenvalue weighted by atomic mass is 35.5. The van der Waals surface area contributed by atoms with Crippen molar-refractivity contribution in [1.82, 2.24) is 19.8 Å². The van der Waals surface area contributed by atoms with Crippen LogP contribution < -0.4 is 5.32 Å². The van der Waals surface area contributed by atoms with Crippen molar-refractivity contribution in [2.24, 2.45) is 33.6 Å². The zero-order valence-corrected chi connectivity index (χ0v) is 20.8. The summed E-state index contributed by atoms with van der Waals surface area (Å²) in [6, 6.07) is 0.207. The van der Waals surface area contributed by atoms with Gasteiger partial charge in [-0.3, -0.25) is 9.89 Å². The number of amides is 2. The molecule has 5 aliphatic rings. The molecule has 34 heavy (non-hydrogen) atoms. The zero-order valence-electron chi connectivity index (χ0n) is 20.1. The van der Waals surface area contributed by atoms with Crippen LogP contribution in [0.2, 0.25) is 5.15 Å². The van der Waals surface area contributed by atoms with Gasteiger partial charge in [-0.2, -0.15) is 0 Å². The number of carbonyl (C=O) groups is 1. The highest BCUT2D eigenvalue weighted by Gasteiger charge is 2.57. The molecule has 0 spiro atoms. The Kier molecular flexibility index (Phi) is 5.28. The molecule has 1 N–H and O–H groups in total. The summed E-state index contributed by atoms with van der Waals surface area (Å²) in [4.78, 5) is 22.7. The number of allylic oxidation sites excluding steroid dienone is 3. The number of hydrogen-bond acceptors (Lipinski definition) is 3. The first-order valence-corrected chi connectivity index (χ1v) is 13.1. The summed E-state index contributed by atoms with van der Waals surface area (Å²) in [5, 5.41) is 3.85. The minimum Gasteiger partial charge on any atom is -0.335 e. The van der Waals surface area contributed by atoms with Crippen molar-refractivity contribution in [3.8, 4) is 0 Å². The van der Waals surface area contributed by atoms with Gasteiger partial charge in [0.1, 0.15) is 11.5 Å². The van der Waals surface area contributed by atoms with Gasteiger partial charge in [-0.25, -0.2) is 9.78 Å².